The first kappa shape index (κ1) is 30.1. The molecule has 2 aromatic heterocycles. The number of carbonyl (C=O) groups excluding carboxylic acids is 1. The van der Waals surface area contributed by atoms with Gasteiger partial charge in [-0.2, -0.15) is 9.97 Å². The molecule has 240 valence electrons. The summed E-state index contributed by atoms with van der Waals surface area (Å²) in [6.45, 7) is 12.7. The molecule has 0 spiro atoms. The van der Waals surface area contributed by atoms with Gasteiger partial charge in [0.25, 0.3) is 0 Å². The van der Waals surface area contributed by atoms with Gasteiger partial charge in [-0.05, 0) is 89.4 Å². The Balaban J connectivity index is 1.28. The summed E-state index contributed by atoms with van der Waals surface area (Å²) in [7, 11) is 2.10. The lowest BCUT2D eigenvalue weighted by Crippen LogP contribution is -2.57. The van der Waals surface area contributed by atoms with Gasteiger partial charge in [-0.3, -0.25) is 9.88 Å². The van der Waals surface area contributed by atoms with Crippen molar-refractivity contribution in [2.24, 2.45) is 0 Å². The molecule has 1 amide bonds. The number of anilines is 1. The molecule has 5 heterocycles. The zero-order valence-electron chi connectivity index (χ0n) is 27.4. The molecule has 0 radical (unpaired) electrons. The fraction of sp³-hybridized carbons (Fsp3) is 0.600. The van der Waals surface area contributed by atoms with E-state index in [0.717, 1.165) is 50.6 Å². The number of halogens is 1. The van der Waals surface area contributed by atoms with Crippen LogP contribution in [0, 0.1) is 5.82 Å². The zero-order chi connectivity index (χ0) is 31.7. The number of aryl methyl sites for hydroxylation is 1. The van der Waals surface area contributed by atoms with Crippen LogP contribution in [0.3, 0.4) is 0 Å². The van der Waals surface area contributed by atoms with Gasteiger partial charge in [-0.25, -0.2) is 9.18 Å². The molecular formula is C35H45FN6O3. The number of pyridine rings is 1. The molecule has 3 atom stereocenters. The summed E-state index contributed by atoms with van der Waals surface area (Å²) < 4.78 is 28.8. The summed E-state index contributed by atoms with van der Waals surface area (Å²) in [6, 6.07) is 6.52. The van der Waals surface area contributed by atoms with E-state index in [1.54, 1.807) is 6.20 Å². The number of ether oxygens (including phenoxy) is 2. The third kappa shape index (κ3) is 5.49. The molecule has 0 N–H and O–H groups in total. The second-order valence-electron chi connectivity index (χ2n) is 15.0. The Kier molecular flexibility index (Phi) is 7.41. The first-order valence-electron chi connectivity index (χ1n) is 16.5. The first-order chi connectivity index (χ1) is 21.4. The first-order valence-corrected chi connectivity index (χ1v) is 16.5. The van der Waals surface area contributed by atoms with Gasteiger partial charge in [0.15, 0.2) is 5.82 Å². The summed E-state index contributed by atoms with van der Waals surface area (Å²) >= 11 is 0. The van der Waals surface area contributed by atoms with Crippen LogP contribution in [-0.4, -0.2) is 87.9 Å². The van der Waals surface area contributed by atoms with Gasteiger partial charge < -0.3 is 19.3 Å². The Morgan fingerprint density at radius 3 is 2.56 bits per heavy atom. The summed E-state index contributed by atoms with van der Waals surface area (Å²) in [5.41, 5.74) is 3.15. The van der Waals surface area contributed by atoms with E-state index < -0.39 is 11.4 Å². The molecule has 3 fully saturated rings. The maximum absolute atomic E-state index is 16.8. The van der Waals surface area contributed by atoms with Crippen molar-refractivity contribution in [2.45, 2.75) is 102 Å². The van der Waals surface area contributed by atoms with Crippen LogP contribution in [0.2, 0.25) is 0 Å². The molecular weight excluding hydrogens is 571 g/mol. The normalized spacial score (nSPS) is 24.4. The Labute approximate surface area is 265 Å². The zero-order valence-corrected chi connectivity index (χ0v) is 27.4. The van der Waals surface area contributed by atoms with Crippen LogP contribution in [0.1, 0.15) is 77.8 Å². The van der Waals surface area contributed by atoms with Crippen molar-refractivity contribution in [3.63, 3.8) is 0 Å². The number of amides is 1. The number of benzene rings is 1. The highest BCUT2D eigenvalue weighted by Gasteiger charge is 2.45. The predicted molar refractivity (Wildman–Crippen MR) is 172 cm³/mol. The van der Waals surface area contributed by atoms with Gasteiger partial charge in [0.05, 0.1) is 17.5 Å². The van der Waals surface area contributed by atoms with Crippen LogP contribution in [0.25, 0.3) is 22.2 Å². The van der Waals surface area contributed by atoms with Crippen LogP contribution in [0.4, 0.5) is 15.0 Å². The number of fused-ring (bicyclic) bond motifs is 4. The smallest absolute Gasteiger partial charge is 0.410 e. The number of likely N-dealkylation sites (tertiary alicyclic amines) is 1. The van der Waals surface area contributed by atoms with E-state index >= 15 is 4.39 Å². The quantitative estimate of drug-likeness (QED) is 0.339. The monoisotopic (exact) mass is 616 g/mol. The molecule has 0 saturated carbocycles. The molecule has 3 aromatic rings. The molecule has 2 bridgehead atoms. The van der Waals surface area contributed by atoms with Gasteiger partial charge in [-0.15, -0.1) is 0 Å². The second-order valence-corrected chi connectivity index (χ2v) is 15.0. The molecule has 10 heteroatoms. The average molecular weight is 617 g/mol. The highest BCUT2D eigenvalue weighted by atomic mass is 19.1. The van der Waals surface area contributed by atoms with Gasteiger partial charge in [0, 0.05) is 30.9 Å². The summed E-state index contributed by atoms with van der Waals surface area (Å²) in [5.74, 6) is 0.150. The number of hydrogen-bond donors (Lipinski definition) is 0. The highest BCUT2D eigenvalue weighted by Crippen LogP contribution is 2.45. The highest BCUT2D eigenvalue weighted by molar-refractivity contribution is 5.92. The Morgan fingerprint density at radius 2 is 1.87 bits per heavy atom. The molecule has 4 aliphatic rings. The summed E-state index contributed by atoms with van der Waals surface area (Å²) in [5, 5.41) is 0.554. The van der Waals surface area contributed by atoms with Gasteiger partial charge in [-0.1, -0.05) is 32.0 Å². The third-order valence-electron chi connectivity index (χ3n) is 10.2. The Morgan fingerprint density at radius 1 is 1.11 bits per heavy atom. The van der Waals surface area contributed by atoms with Crippen molar-refractivity contribution < 1.29 is 18.7 Å². The van der Waals surface area contributed by atoms with E-state index in [0.29, 0.717) is 36.6 Å². The summed E-state index contributed by atoms with van der Waals surface area (Å²) in [4.78, 5) is 33.8. The minimum absolute atomic E-state index is 0.0219. The van der Waals surface area contributed by atoms with Crippen molar-refractivity contribution in [1.82, 2.24) is 24.8 Å². The molecule has 7 rings (SSSR count). The number of piperazine rings is 1. The molecule has 9 nitrogen and oxygen atoms in total. The van der Waals surface area contributed by atoms with Gasteiger partial charge >= 0.3 is 12.1 Å². The van der Waals surface area contributed by atoms with Crippen LogP contribution in [-0.2, 0) is 16.6 Å². The van der Waals surface area contributed by atoms with Crippen molar-refractivity contribution in [2.75, 3.05) is 38.2 Å². The molecule has 3 aliphatic heterocycles. The average Bonchev–Trinajstić information content (AvgIpc) is 3.63. The van der Waals surface area contributed by atoms with Gasteiger partial charge in [0.1, 0.15) is 29.2 Å². The fourth-order valence-corrected chi connectivity index (χ4v) is 7.94. The van der Waals surface area contributed by atoms with E-state index in [9.17, 15) is 4.79 Å². The number of rotatable bonds is 5. The lowest BCUT2D eigenvalue weighted by atomic mass is 9.82. The lowest BCUT2D eigenvalue weighted by Gasteiger charge is -2.42. The van der Waals surface area contributed by atoms with E-state index in [-0.39, 0.29) is 41.2 Å². The van der Waals surface area contributed by atoms with Crippen LogP contribution < -0.4 is 9.64 Å². The predicted octanol–water partition coefficient (Wildman–Crippen LogP) is 6.12. The number of aromatic nitrogens is 3. The fourth-order valence-electron chi connectivity index (χ4n) is 7.94. The summed E-state index contributed by atoms with van der Waals surface area (Å²) in [6.07, 6.45) is 7.38. The minimum Gasteiger partial charge on any atom is -0.462 e. The number of likely N-dealkylation sites (N-methyl/N-ethyl adjacent to an activating group) is 1. The second kappa shape index (κ2) is 11.1. The largest absolute Gasteiger partial charge is 0.462 e. The topological polar surface area (TPSA) is 83.9 Å². The van der Waals surface area contributed by atoms with Gasteiger partial charge in [0.2, 0.25) is 0 Å². The van der Waals surface area contributed by atoms with Crippen molar-refractivity contribution in [3.05, 3.63) is 41.3 Å². The van der Waals surface area contributed by atoms with Crippen LogP contribution in [0.15, 0.2) is 24.4 Å². The van der Waals surface area contributed by atoms with E-state index in [4.69, 9.17) is 24.4 Å². The lowest BCUT2D eigenvalue weighted by molar-refractivity contribution is 0.0122. The van der Waals surface area contributed by atoms with Crippen LogP contribution in [0.5, 0.6) is 6.01 Å². The molecule has 45 heavy (non-hydrogen) atoms. The number of nitrogens with zero attached hydrogens (tertiary/aromatic N) is 6. The number of hydrogen-bond acceptors (Lipinski definition) is 8. The molecule has 1 aliphatic carbocycles. The van der Waals surface area contributed by atoms with Crippen molar-refractivity contribution in [1.29, 1.82) is 0 Å². The SMILES string of the molecule is CN1CCC[C@H]1COc1nc(N2CC3CCC(C2)N3C(=O)OC(C)(C)C)c2cnc(-c3cccc4c3C(C)(C)CC4)c(F)c2n1. The van der Waals surface area contributed by atoms with E-state index in [1.807, 2.05) is 37.8 Å². The number of carbonyl (C=O) groups is 1. The van der Waals surface area contributed by atoms with Crippen molar-refractivity contribution >= 4 is 22.8 Å². The molecule has 2 unspecified atom stereocenters. The Hall–Kier alpha value is -3.53. The van der Waals surface area contributed by atoms with Crippen molar-refractivity contribution in [3.8, 4) is 17.3 Å². The van der Waals surface area contributed by atoms with E-state index in [2.05, 4.69) is 36.8 Å². The maximum Gasteiger partial charge on any atom is 0.410 e. The minimum atomic E-state index is -0.564. The molecule has 1 aromatic carbocycles. The standard InChI is InChI=1S/C35H45FN6O3/c1-34(2,3)45-33(43)42-22-12-13-23(42)19-41(18-22)31-26-17-37-29(25-11-7-9-21-14-15-35(4,5)27(21)25)28(36)30(26)38-32(39-31)44-20-24-10-8-16-40(24)6/h7,9,11,17,22-24H,8,10,12-16,18-20H2,1-6H3/t22?,23?,24-/m0/s1. The Bertz CT molecular complexity index is 1620. The van der Waals surface area contributed by atoms with E-state index in [1.165, 1.54) is 11.1 Å². The third-order valence-corrected chi connectivity index (χ3v) is 10.2. The molecule has 3 saturated heterocycles. The maximum atomic E-state index is 16.8. The van der Waals surface area contributed by atoms with Crippen LogP contribution >= 0.6 is 0 Å².